The minimum absolute atomic E-state index is 0.113. The summed E-state index contributed by atoms with van der Waals surface area (Å²) in [5, 5.41) is 11.6. The first-order valence-electron chi connectivity index (χ1n) is 5.31. The first-order valence-corrected chi connectivity index (χ1v) is 6.92. The van der Waals surface area contributed by atoms with Gasteiger partial charge in [0.1, 0.15) is 11.6 Å². The van der Waals surface area contributed by atoms with Crippen LogP contribution in [0.5, 0.6) is 0 Å². The Labute approximate surface area is 118 Å². The van der Waals surface area contributed by atoms with E-state index in [4.69, 9.17) is 10.00 Å². The fourth-order valence-electron chi connectivity index (χ4n) is 1.21. The van der Waals surface area contributed by atoms with Gasteiger partial charge >= 0.3 is 0 Å². The number of amides is 1. The standard InChI is InChI=1S/C12H13BrN2O2S/c1-17-6-2-5-15-12(16)9(8-14)7-10-3-4-11(13)18-10/h3-4,7H,2,5-6H2,1H3,(H,15,16). The average Bonchev–Trinajstić information content (AvgIpc) is 2.77. The van der Waals surface area contributed by atoms with Gasteiger partial charge in [-0.05, 0) is 40.6 Å². The molecule has 0 saturated carbocycles. The van der Waals surface area contributed by atoms with Gasteiger partial charge in [0, 0.05) is 25.1 Å². The van der Waals surface area contributed by atoms with Crippen LogP contribution in [0.15, 0.2) is 21.5 Å². The molecule has 4 nitrogen and oxygen atoms in total. The third kappa shape index (κ3) is 5.00. The number of thiophene rings is 1. The lowest BCUT2D eigenvalue weighted by Gasteiger charge is -2.03. The lowest BCUT2D eigenvalue weighted by molar-refractivity contribution is -0.117. The smallest absolute Gasteiger partial charge is 0.261 e. The summed E-state index contributed by atoms with van der Waals surface area (Å²) in [5.41, 5.74) is 0.113. The molecule has 1 heterocycles. The maximum absolute atomic E-state index is 11.7. The van der Waals surface area contributed by atoms with E-state index in [0.29, 0.717) is 13.2 Å². The molecule has 0 atom stereocenters. The number of methoxy groups -OCH3 is 1. The van der Waals surface area contributed by atoms with E-state index >= 15 is 0 Å². The predicted molar refractivity (Wildman–Crippen MR) is 75.1 cm³/mol. The number of hydrogen-bond acceptors (Lipinski definition) is 4. The Hall–Kier alpha value is -1.16. The number of carbonyl (C=O) groups is 1. The summed E-state index contributed by atoms with van der Waals surface area (Å²) < 4.78 is 5.84. The van der Waals surface area contributed by atoms with Gasteiger partial charge in [0.05, 0.1) is 3.79 Å². The Morgan fingerprint density at radius 1 is 1.67 bits per heavy atom. The molecule has 0 aliphatic carbocycles. The van der Waals surface area contributed by atoms with E-state index in [-0.39, 0.29) is 11.5 Å². The molecule has 0 radical (unpaired) electrons. The molecule has 1 rings (SSSR count). The zero-order valence-electron chi connectivity index (χ0n) is 9.90. The molecule has 0 aromatic carbocycles. The van der Waals surface area contributed by atoms with E-state index in [0.717, 1.165) is 15.1 Å². The Bertz CT molecular complexity index is 477. The van der Waals surface area contributed by atoms with E-state index < -0.39 is 0 Å². The largest absolute Gasteiger partial charge is 0.385 e. The first-order chi connectivity index (χ1) is 8.67. The lowest BCUT2D eigenvalue weighted by Crippen LogP contribution is -2.26. The van der Waals surface area contributed by atoms with E-state index in [1.54, 1.807) is 13.2 Å². The normalized spacial score (nSPS) is 11.1. The zero-order valence-corrected chi connectivity index (χ0v) is 12.3. The van der Waals surface area contributed by atoms with E-state index in [1.807, 2.05) is 18.2 Å². The van der Waals surface area contributed by atoms with Crippen molar-refractivity contribution >= 4 is 39.2 Å². The number of carbonyl (C=O) groups excluding carboxylic acids is 1. The second kappa shape index (κ2) is 8.03. The molecular formula is C12H13BrN2O2S. The number of ether oxygens (including phenoxy) is 1. The van der Waals surface area contributed by atoms with Crippen LogP contribution in [0.25, 0.3) is 6.08 Å². The minimum Gasteiger partial charge on any atom is -0.385 e. The number of hydrogen-bond donors (Lipinski definition) is 1. The fourth-order valence-corrected chi connectivity index (χ4v) is 2.58. The third-order valence-electron chi connectivity index (χ3n) is 2.06. The van der Waals surface area contributed by atoms with Gasteiger partial charge in [-0.1, -0.05) is 0 Å². The van der Waals surface area contributed by atoms with E-state index in [1.165, 1.54) is 11.3 Å². The van der Waals surface area contributed by atoms with Crippen molar-refractivity contribution in [2.24, 2.45) is 0 Å². The summed E-state index contributed by atoms with van der Waals surface area (Å²) >= 11 is 4.80. The summed E-state index contributed by atoms with van der Waals surface area (Å²) in [6.45, 7) is 1.09. The quantitative estimate of drug-likeness (QED) is 0.496. The minimum atomic E-state index is -0.349. The molecule has 0 unspecified atom stereocenters. The fraction of sp³-hybridized carbons (Fsp3) is 0.333. The van der Waals surface area contributed by atoms with Gasteiger partial charge in [0.25, 0.3) is 5.91 Å². The number of halogens is 1. The molecule has 0 bridgehead atoms. The van der Waals surface area contributed by atoms with Crippen molar-refractivity contribution in [1.82, 2.24) is 5.32 Å². The van der Waals surface area contributed by atoms with Crippen LogP contribution in [-0.2, 0) is 9.53 Å². The summed E-state index contributed by atoms with van der Waals surface area (Å²) in [6, 6.07) is 5.64. The monoisotopic (exact) mass is 328 g/mol. The maximum Gasteiger partial charge on any atom is 0.261 e. The summed E-state index contributed by atoms with van der Waals surface area (Å²) in [6.07, 6.45) is 2.31. The molecule has 1 aromatic rings. The molecule has 0 aliphatic rings. The van der Waals surface area contributed by atoms with Crippen LogP contribution in [0.2, 0.25) is 0 Å². The van der Waals surface area contributed by atoms with Gasteiger partial charge in [0.2, 0.25) is 0 Å². The average molecular weight is 329 g/mol. The van der Waals surface area contributed by atoms with Crippen molar-refractivity contribution in [3.8, 4) is 6.07 Å². The van der Waals surface area contributed by atoms with Gasteiger partial charge < -0.3 is 10.1 Å². The van der Waals surface area contributed by atoms with Crippen LogP contribution in [0.4, 0.5) is 0 Å². The molecule has 0 fully saturated rings. The molecule has 0 spiro atoms. The molecule has 18 heavy (non-hydrogen) atoms. The predicted octanol–water partition coefficient (Wildman–Crippen LogP) is 2.57. The third-order valence-corrected chi connectivity index (χ3v) is 3.63. The number of nitrogens with zero attached hydrogens (tertiary/aromatic N) is 1. The molecule has 96 valence electrons. The maximum atomic E-state index is 11.7. The number of nitriles is 1. The number of rotatable bonds is 6. The van der Waals surface area contributed by atoms with Crippen LogP contribution in [0.3, 0.4) is 0 Å². The molecule has 6 heteroatoms. The summed E-state index contributed by atoms with van der Waals surface area (Å²) in [5.74, 6) is -0.349. The second-order valence-corrected chi connectivity index (χ2v) is 5.91. The highest BCUT2D eigenvalue weighted by Gasteiger charge is 2.08. The van der Waals surface area contributed by atoms with Gasteiger partial charge in [-0.2, -0.15) is 5.26 Å². The van der Waals surface area contributed by atoms with Crippen molar-refractivity contribution < 1.29 is 9.53 Å². The van der Waals surface area contributed by atoms with Gasteiger partial charge in [-0.15, -0.1) is 11.3 Å². The molecule has 1 N–H and O–H groups in total. The van der Waals surface area contributed by atoms with E-state index in [2.05, 4.69) is 21.2 Å². The van der Waals surface area contributed by atoms with Crippen molar-refractivity contribution in [3.05, 3.63) is 26.4 Å². The molecular weight excluding hydrogens is 316 g/mol. The molecule has 0 saturated heterocycles. The van der Waals surface area contributed by atoms with Crippen LogP contribution in [0.1, 0.15) is 11.3 Å². The van der Waals surface area contributed by atoms with Gasteiger partial charge in [0.15, 0.2) is 0 Å². The number of nitrogens with one attached hydrogen (secondary N) is 1. The Balaban J connectivity index is 2.58. The topological polar surface area (TPSA) is 62.1 Å². The highest BCUT2D eigenvalue weighted by Crippen LogP contribution is 2.23. The lowest BCUT2D eigenvalue weighted by atomic mass is 10.2. The highest BCUT2D eigenvalue weighted by atomic mass is 79.9. The highest BCUT2D eigenvalue weighted by molar-refractivity contribution is 9.11. The zero-order chi connectivity index (χ0) is 13.4. The van der Waals surface area contributed by atoms with Crippen molar-refractivity contribution in [2.75, 3.05) is 20.3 Å². The van der Waals surface area contributed by atoms with E-state index in [9.17, 15) is 4.79 Å². The first kappa shape index (κ1) is 14.9. The summed E-state index contributed by atoms with van der Waals surface area (Å²) in [4.78, 5) is 12.6. The van der Waals surface area contributed by atoms with Gasteiger partial charge in [-0.25, -0.2) is 0 Å². The Morgan fingerprint density at radius 2 is 2.44 bits per heavy atom. The molecule has 1 aromatic heterocycles. The van der Waals surface area contributed by atoms with Crippen LogP contribution < -0.4 is 5.32 Å². The van der Waals surface area contributed by atoms with Crippen molar-refractivity contribution in [3.63, 3.8) is 0 Å². The van der Waals surface area contributed by atoms with Crippen LogP contribution in [0, 0.1) is 11.3 Å². The van der Waals surface area contributed by atoms with Crippen molar-refractivity contribution in [1.29, 1.82) is 5.26 Å². The SMILES string of the molecule is COCCCNC(=O)C(C#N)=Cc1ccc(Br)s1. The van der Waals surface area contributed by atoms with Crippen LogP contribution in [-0.4, -0.2) is 26.2 Å². The van der Waals surface area contributed by atoms with Crippen molar-refractivity contribution in [2.45, 2.75) is 6.42 Å². The van der Waals surface area contributed by atoms with Crippen LogP contribution >= 0.6 is 27.3 Å². The Kier molecular flexibility index (Phi) is 6.65. The molecule has 0 aliphatic heterocycles. The Morgan fingerprint density at radius 3 is 3.00 bits per heavy atom. The summed E-state index contributed by atoms with van der Waals surface area (Å²) in [7, 11) is 1.61. The van der Waals surface area contributed by atoms with Gasteiger partial charge in [-0.3, -0.25) is 4.79 Å². The molecule has 1 amide bonds. The second-order valence-electron chi connectivity index (χ2n) is 3.41.